The lowest BCUT2D eigenvalue weighted by molar-refractivity contribution is -0.136. The van der Waals surface area contributed by atoms with Crippen molar-refractivity contribution in [1.82, 2.24) is 20.0 Å². The number of benzene rings is 1. The number of hydrogen-bond acceptors (Lipinski definition) is 3. The molecule has 0 radical (unpaired) electrons. The molecule has 0 saturated carbocycles. The van der Waals surface area contributed by atoms with E-state index in [-0.39, 0.29) is 17.9 Å². The summed E-state index contributed by atoms with van der Waals surface area (Å²) < 4.78 is 0. The van der Waals surface area contributed by atoms with Gasteiger partial charge < -0.3 is 15.1 Å². The minimum absolute atomic E-state index is 0.101. The number of aromatic nitrogens is 2. The topological polar surface area (TPSA) is 81.3 Å². The largest absolute Gasteiger partial charge is 0.343 e. The van der Waals surface area contributed by atoms with E-state index in [9.17, 15) is 9.59 Å². The molecule has 134 valence electrons. The molecule has 1 fully saturated rings. The first kappa shape index (κ1) is 17.3. The molecule has 1 aromatic carbocycles. The predicted octanol–water partition coefficient (Wildman–Crippen LogP) is 2.68. The smallest absolute Gasteiger partial charge is 0.321 e. The number of H-pyrrole nitrogens is 1. The molecule has 1 aliphatic heterocycles. The van der Waals surface area contributed by atoms with E-state index in [4.69, 9.17) is 0 Å². The first-order valence-electron chi connectivity index (χ1n) is 8.90. The Morgan fingerprint density at radius 2 is 2.16 bits per heavy atom. The average molecular weight is 343 g/mol. The third-order valence-corrected chi connectivity index (χ3v) is 4.82. The highest BCUT2D eigenvalue weighted by atomic mass is 16.2. The molecule has 3 amide bonds. The number of likely N-dealkylation sites (tertiary alicyclic amines) is 1. The Morgan fingerprint density at radius 3 is 2.92 bits per heavy atom. The number of hydrogen-bond donors (Lipinski definition) is 2. The molecule has 1 aliphatic rings. The van der Waals surface area contributed by atoms with E-state index in [2.05, 4.69) is 15.5 Å². The first-order chi connectivity index (χ1) is 12.1. The van der Waals surface area contributed by atoms with E-state index in [0.717, 1.165) is 29.4 Å². The van der Waals surface area contributed by atoms with Crippen LogP contribution in [0.2, 0.25) is 0 Å². The zero-order chi connectivity index (χ0) is 17.8. The molecule has 0 spiro atoms. The van der Waals surface area contributed by atoms with Crippen LogP contribution in [0.15, 0.2) is 24.4 Å². The van der Waals surface area contributed by atoms with E-state index < -0.39 is 0 Å². The molecule has 7 heteroatoms. The van der Waals surface area contributed by atoms with Gasteiger partial charge in [0.1, 0.15) is 0 Å². The van der Waals surface area contributed by atoms with Crippen molar-refractivity contribution in [2.24, 2.45) is 5.92 Å². The number of nitrogens with one attached hydrogen (secondary N) is 2. The lowest BCUT2D eigenvalue weighted by Gasteiger charge is -2.34. The van der Waals surface area contributed by atoms with Crippen molar-refractivity contribution in [3.8, 4) is 0 Å². The SMILES string of the molecule is CCN(CC)C(=O)C1CCCN(C(=O)Nc2ccc3[nH]ncc3c2)C1. The summed E-state index contributed by atoms with van der Waals surface area (Å²) in [4.78, 5) is 28.7. The third kappa shape index (κ3) is 3.75. The Hall–Kier alpha value is -2.57. The summed E-state index contributed by atoms with van der Waals surface area (Å²) in [5.74, 6) is 0.0538. The van der Waals surface area contributed by atoms with Crippen molar-refractivity contribution in [1.29, 1.82) is 0 Å². The quantitative estimate of drug-likeness (QED) is 0.895. The van der Waals surface area contributed by atoms with E-state index in [1.807, 2.05) is 36.9 Å². The fourth-order valence-corrected chi connectivity index (χ4v) is 3.38. The molecule has 25 heavy (non-hydrogen) atoms. The molecule has 2 aromatic rings. The van der Waals surface area contributed by atoms with E-state index >= 15 is 0 Å². The van der Waals surface area contributed by atoms with Gasteiger partial charge in [-0.3, -0.25) is 9.89 Å². The molecule has 2 N–H and O–H groups in total. The standard InChI is InChI=1S/C18H25N5O2/c1-3-22(4-2)17(24)13-6-5-9-23(12-13)18(25)20-15-7-8-16-14(10-15)11-19-21-16/h7-8,10-11,13H,3-6,9,12H2,1-2H3,(H,19,21)(H,20,25). The summed E-state index contributed by atoms with van der Waals surface area (Å²) in [6.07, 6.45) is 3.43. The molecule has 1 saturated heterocycles. The van der Waals surface area contributed by atoms with Gasteiger partial charge in [-0.15, -0.1) is 0 Å². The molecular formula is C18H25N5O2. The maximum Gasteiger partial charge on any atom is 0.321 e. The van der Waals surface area contributed by atoms with Crippen molar-refractivity contribution < 1.29 is 9.59 Å². The number of rotatable bonds is 4. The molecule has 2 heterocycles. The van der Waals surface area contributed by atoms with Gasteiger partial charge in [-0.2, -0.15) is 5.10 Å². The number of carbonyl (C=O) groups excluding carboxylic acids is 2. The highest BCUT2D eigenvalue weighted by Gasteiger charge is 2.30. The number of aromatic amines is 1. The van der Waals surface area contributed by atoms with Crippen LogP contribution in [0.1, 0.15) is 26.7 Å². The molecular weight excluding hydrogens is 318 g/mol. The highest BCUT2D eigenvalue weighted by Crippen LogP contribution is 2.21. The second-order valence-corrected chi connectivity index (χ2v) is 6.40. The van der Waals surface area contributed by atoms with Crippen molar-refractivity contribution in [3.05, 3.63) is 24.4 Å². The van der Waals surface area contributed by atoms with Crippen LogP contribution in [0.3, 0.4) is 0 Å². The van der Waals surface area contributed by atoms with Crippen LogP contribution in [-0.2, 0) is 4.79 Å². The van der Waals surface area contributed by atoms with Gasteiger partial charge in [-0.05, 0) is 44.9 Å². The van der Waals surface area contributed by atoms with Gasteiger partial charge in [0.15, 0.2) is 0 Å². The Labute approximate surface area is 147 Å². The fraction of sp³-hybridized carbons (Fsp3) is 0.500. The fourth-order valence-electron chi connectivity index (χ4n) is 3.38. The van der Waals surface area contributed by atoms with Gasteiger partial charge in [0.05, 0.1) is 17.6 Å². The van der Waals surface area contributed by atoms with Gasteiger partial charge in [0, 0.05) is 37.3 Å². The van der Waals surface area contributed by atoms with Crippen molar-refractivity contribution >= 4 is 28.5 Å². The van der Waals surface area contributed by atoms with E-state index in [1.165, 1.54) is 0 Å². The summed E-state index contributed by atoms with van der Waals surface area (Å²) in [6.45, 7) is 6.56. The third-order valence-electron chi connectivity index (χ3n) is 4.82. The molecule has 0 aliphatic carbocycles. The van der Waals surface area contributed by atoms with Crippen LogP contribution < -0.4 is 5.32 Å². The first-order valence-corrected chi connectivity index (χ1v) is 8.90. The van der Waals surface area contributed by atoms with Crippen LogP contribution in [0.4, 0.5) is 10.5 Å². The Balaban J connectivity index is 1.64. The van der Waals surface area contributed by atoms with Crippen molar-refractivity contribution in [2.45, 2.75) is 26.7 Å². The normalized spacial score (nSPS) is 17.5. The summed E-state index contributed by atoms with van der Waals surface area (Å²) >= 11 is 0. The van der Waals surface area contributed by atoms with Crippen LogP contribution in [0.25, 0.3) is 10.9 Å². The zero-order valence-electron chi connectivity index (χ0n) is 14.8. The lowest BCUT2D eigenvalue weighted by Crippen LogP contribution is -2.47. The number of piperidine rings is 1. The van der Waals surface area contributed by atoms with Gasteiger partial charge in [0.2, 0.25) is 5.91 Å². The second-order valence-electron chi connectivity index (χ2n) is 6.40. The molecule has 3 rings (SSSR count). The summed E-state index contributed by atoms with van der Waals surface area (Å²) in [5.41, 5.74) is 1.66. The predicted molar refractivity (Wildman–Crippen MR) is 97.3 cm³/mol. The molecule has 1 unspecified atom stereocenters. The molecule has 7 nitrogen and oxygen atoms in total. The van der Waals surface area contributed by atoms with E-state index in [1.54, 1.807) is 11.1 Å². The molecule has 1 aromatic heterocycles. The molecule has 1 atom stereocenters. The second kappa shape index (κ2) is 7.55. The lowest BCUT2D eigenvalue weighted by atomic mass is 9.96. The monoisotopic (exact) mass is 343 g/mol. The average Bonchev–Trinajstić information content (AvgIpc) is 3.10. The van der Waals surface area contributed by atoms with Gasteiger partial charge in [0.25, 0.3) is 0 Å². The van der Waals surface area contributed by atoms with Gasteiger partial charge in [-0.25, -0.2) is 4.79 Å². The Bertz CT molecular complexity index is 753. The number of anilines is 1. The maximum atomic E-state index is 12.6. The number of amides is 3. The van der Waals surface area contributed by atoms with Gasteiger partial charge in [-0.1, -0.05) is 0 Å². The minimum Gasteiger partial charge on any atom is -0.343 e. The maximum absolute atomic E-state index is 12.6. The number of urea groups is 1. The van der Waals surface area contributed by atoms with Crippen LogP contribution in [-0.4, -0.2) is 58.1 Å². The Morgan fingerprint density at radius 1 is 1.36 bits per heavy atom. The summed E-state index contributed by atoms with van der Waals surface area (Å²) in [7, 11) is 0. The number of fused-ring (bicyclic) bond motifs is 1. The number of nitrogens with zero attached hydrogens (tertiary/aromatic N) is 3. The van der Waals surface area contributed by atoms with Crippen molar-refractivity contribution in [2.75, 3.05) is 31.5 Å². The van der Waals surface area contributed by atoms with E-state index in [0.29, 0.717) is 26.2 Å². The van der Waals surface area contributed by atoms with Crippen LogP contribution in [0.5, 0.6) is 0 Å². The van der Waals surface area contributed by atoms with Crippen molar-refractivity contribution in [3.63, 3.8) is 0 Å². The van der Waals surface area contributed by atoms with Crippen LogP contribution >= 0.6 is 0 Å². The zero-order valence-corrected chi connectivity index (χ0v) is 14.8. The molecule has 0 bridgehead atoms. The number of carbonyl (C=O) groups is 2. The van der Waals surface area contributed by atoms with Crippen LogP contribution in [0, 0.1) is 5.92 Å². The minimum atomic E-state index is -0.153. The highest BCUT2D eigenvalue weighted by molar-refractivity contribution is 5.93. The summed E-state index contributed by atoms with van der Waals surface area (Å²) in [6, 6.07) is 5.47. The van der Waals surface area contributed by atoms with Gasteiger partial charge >= 0.3 is 6.03 Å². The Kier molecular flexibility index (Phi) is 5.21. The summed E-state index contributed by atoms with van der Waals surface area (Å²) in [5, 5.41) is 10.8.